The molecule has 1 N–H and O–H groups in total. The van der Waals surface area contributed by atoms with Crippen LogP contribution in [-0.2, 0) is 4.74 Å². The first-order chi connectivity index (χ1) is 8.32. The maximum atomic E-state index is 12.0. The first kappa shape index (κ1) is 12.9. The molecule has 4 heteroatoms. The average molecular weight is 249 g/mol. The van der Waals surface area contributed by atoms with Crippen molar-refractivity contribution in [3.05, 3.63) is 29.8 Å². The van der Waals surface area contributed by atoms with E-state index in [1.54, 1.807) is 13.8 Å². The van der Waals surface area contributed by atoms with E-state index in [-0.39, 0.29) is 0 Å². The van der Waals surface area contributed by atoms with Gasteiger partial charge in [-0.25, -0.2) is 9.69 Å². The molecule has 0 saturated carbocycles. The molecule has 1 heterocycles. The summed E-state index contributed by atoms with van der Waals surface area (Å²) >= 11 is 0. The summed E-state index contributed by atoms with van der Waals surface area (Å²) in [4.78, 5) is 13.3. The third-order valence-corrected chi connectivity index (χ3v) is 3.90. The summed E-state index contributed by atoms with van der Waals surface area (Å²) in [7, 11) is 0. The lowest BCUT2D eigenvalue weighted by Gasteiger charge is -2.36. The Labute approximate surface area is 107 Å². The zero-order chi connectivity index (χ0) is 13.6. The van der Waals surface area contributed by atoms with Crippen molar-refractivity contribution in [1.29, 1.82) is 0 Å². The number of ether oxygens (including phenoxy) is 1. The van der Waals surface area contributed by atoms with Crippen molar-refractivity contribution in [2.45, 2.75) is 45.4 Å². The predicted octanol–water partition coefficient (Wildman–Crippen LogP) is 2.83. The van der Waals surface area contributed by atoms with E-state index in [0.717, 1.165) is 5.56 Å². The molecule has 1 aromatic carbocycles. The molecule has 1 aliphatic heterocycles. The molecule has 2 rings (SSSR count). The number of aryl methyl sites for hydroxylation is 1. The number of carbonyl (C=O) groups is 1. The van der Waals surface area contributed by atoms with Gasteiger partial charge in [0, 0.05) is 0 Å². The molecule has 2 atom stereocenters. The summed E-state index contributed by atoms with van der Waals surface area (Å²) in [6, 6.07) is 7.43. The average Bonchev–Trinajstić information content (AvgIpc) is 2.48. The highest BCUT2D eigenvalue weighted by Gasteiger charge is 2.58. The Balaban J connectivity index is 2.45. The Morgan fingerprint density at radius 2 is 1.83 bits per heavy atom. The van der Waals surface area contributed by atoms with E-state index in [9.17, 15) is 9.90 Å². The van der Waals surface area contributed by atoms with Crippen LogP contribution >= 0.6 is 0 Å². The smallest absolute Gasteiger partial charge is 0.417 e. The Bertz CT molecular complexity index is 466. The van der Waals surface area contributed by atoms with Crippen LogP contribution in [0, 0.1) is 6.92 Å². The largest absolute Gasteiger partial charge is 0.438 e. The summed E-state index contributed by atoms with van der Waals surface area (Å²) in [5, 5.41) is 10.6. The molecule has 0 unspecified atom stereocenters. The van der Waals surface area contributed by atoms with Gasteiger partial charge in [0.2, 0.25) is 0 Å². The van der Waals surface area contributed by atoms with Gasteiger partial charge in [-0.05, 0) is 39.3 Å². The van der Waals surface area contributed by atoms with Gasteiger partial charge in [-0.1, -0.05) is 24.6 Å². The fourth-order valence-corrected chi connectivity index (χ4v) is 2.21. The van der Waals surface area contributed by atoms with Crippen molar-refractivity contribution in [3.8, 4) is 0 Å². The lowest BCUT2D eigenvalue weighted by atomic mass is 9.90. The third kappa shape index (κ3) is 1.68. The summed E-state index contributed by atoms with van der Waals surface area (Å²) in [6.45, 7) is 7.22. The van der Waals surface area contributed by atoms with Gasteiger partial charge in [-0.15, -0.1) is 0 Å². The number of hydrogen-bond donors (Lipinski definition) is 1. The molecule has 1 amide bonds. The van der Waals surface area contributed by atoms with Crippen molar-refractivity contribution in [2.75, 3.05) is 4.90 Å². The molecular formula is C14H19NO3. The first-order valence-corrected chi connectivity index (χ1v) is 6.14. The van der Waals surface area contributed by atoms with Crippen LogP contribution in [0.15, 0.2) is 24.3 Å². The van der Waals surface area contributed by atoms with Crippen LogP contribution in [0.4, 0.5) is 10.5 Å². The van der Waals surface area contributed by atoms with Crippen LogP contribution < -0.4 is 4.90 Å². The predicted molar refractivity (Wildman–Crippen MR) is 69.5 cm³/mol. The first-order valence-electron chi connectivity index (χ1n) is 6.14. The van der Waals surface area contributed by atoms with Gasteiger partial charge in [0.05, 0.1) is 5.69 Å². The van der Waals surface area contributed by atoms with Gasteiger partial charge < -0.3 is 9.84 Å². The molecule has 1 saturated heterocycles. The van der Waals surface area contributed by atoms with Gasteiger partial charge in [0.15, 0.2) is 11.3 Å². The number of carbonyl (C=O) groups excluding carboxylic acids is 1. The Morgan fingerprint density at radius 1 is 1.28 bits per heavy atom. The zero-order valence-electron chi connectivity index (χ0n) is 11.2. The number of hydrogen-bond acceptors (Lipinski definition) is 3. The summed E-state index contributed by atoms with van der Waals surface area (Å²) in [6.07, 6.45) is 0.0434. The number of rotatable bonds is 2. The Hall–Kier alpha value is -1.55. The number of cyclic esters (lactones) is 1. The second-order valence-corrected chi connectivity index (χ2v) is 5.14. The molecule has 0 radical (unpaired) electrons. The zero-order valence-corrected chi connectivity index (χ0v) is 11.2. The van der Waals surface area contributed by atoms with Crippen LogP contribution in [0.5, 0.6) is 0 Å². The molecule has 4 nitrogen and oxygen atoms in total. The molecule has 98 valence electrons. The Morgan fingerprint density at radius 3 is 2.28 bits per heavy atom. The van der Waals surface area contributed by atoms with Gasteiger partial charge >= 0.3 is 6.09 Å². The second kappa shape index (κ2) is 3.99. The normalized spacial score (nSPS) is 31.6. The summed E-state index contributed by atoms with van der Waals surface area (Å²) < 4.78 is 5.35. The van der Waals surface area contributed by atoms with Crippen molar-refractivity contribution in [3.63, 3.8) is 0 Å². The third-order valence-electron chi connectivity index (χ3n) is 3.90. The van der Waals surface area contributed by atoms with E-state index >= 15 is 0 Å². The number of aliphatic hydroxyl groups is 1. The van der Waals surface area contributed by atoms with Crippen molar-refractivity contribution in [2.24, 2.45) is 0 Å². The molecule has 0 aromatic heterocycles. The van der Waals surface area contributed by atoms with Crippen molar-refractivity contribution < 1.29 is 14.6 Å². The highest BCUT2D eigenvalue weighted by atomic mass is 16.6. The lowest BCUT2D eigenvalue weighted by molar-refractivity contribution is -0.0861. The van der Waals surface area contributed by atoms with E-state index in [0.29, 0.717) is 12.1 Å². The Kier molecular flexibility index (Phi) is 2.86. The number of nitrogens with zero attached hydrogens (tertiary/aromatic N) is 1. The minimum absolute atomic E-state index is 0.506. The second-order valence-electron chi connectivity index (χ2n) is 5.14. The van der Waals surface area contributed by atoms with E-state index < -0.39 is 17.4 Å². The number of benzene rings is 1. The standard InChI is InChI=1S/C14H19NO3/c1-5-13(3)14(4,17)15(12(16)18-13)11-8-6-10(2)7-9-11/h6-9,17H,5H2,1-4H3/t13-,14+/m0/s1. The van der Waals surface area contributed by atoms with E-state index in [2.05, 4.69) is 0 Å². The molecule has 0 bridgehead atoms. The molecule has 0 aliphatic carbocycles. The number of anilines is 1. The minimum atomic E-state index is -1.35. The summed E-state index contributed by atoms with van der Waals surface area (Å²) in [5.74, 6) is 0. The van der Waals surface area contributed by atoms with E-state index in [1.165, 1.54) is 4.90 Å². The van der Waals surface area contributed by atoms with Gasteiger partial charge in [-0.2, -0.15) is 0 Å². The lowest BCUT2D eigenvalue weighted by Crippen LogP contribution is -2.55. The van der Waals surface area contributed by atoms with Crippen LogP contribution in [0.25, 0.3) is 0 Å². The topological polar surface area (TPSA) is 49.8 Å². The van der Waals surface area contributed by atoms with Crippen molar-refractivity contribution >= 4 is 11.8 Å². The SMILES string of the molecule is CC[C@]1(C)OC(=O)N(c2ccc(C)cc2)[C@]1(C)O. The number of amides is 1. The van der Waals surface area contributed by atoms with Crippen LogP contribution in [0.1, 0.15) is 32.8 Å². The highest BCUT2D eigenvalue weighted by molar-refractivity contribution is 5.92. The molecular weight excluding hydrogens is 230 g/mol. The van der Waals surface area contributed by atoms with E-state index in [1.807, 2.05) is 38.1 Å². The maximum Gasteiger partial charge on any atom is 0.417 e. The van der Waals surface area contributed by atoms with Crippen molar-refractivity contribution in [1.82, 2.24) is 0 Å². The van der Waals surface area contributed by atoms with Gasteiger partial charge in [0.25, 0.3) is 0 Å². The quantitative estimate of drug-likeness (QED) is 0.876. The van der Waals surface area contributed by atoms with Crippen LogP contribution in [0.3, 0.4) is 0 Å². The van der Waals surface area contributed by atoms with E-state index in [4.69, 9.17) is 4.74 Å². The van der Waals surface area contributed by atoms with Crippen LogP contribution in [-0.4, -0.2) is 22.5 Å². The molecule has 1 aliphatic rings. The molecule has 1 aromatic rings. The molecule has 0 spiro atoms. The summed E-state index contributed by atoms with van der Waals surface area (Å²) in [5.41, 5.74) is -0.500. The van der Waals surface area contributed by atoms with Gasteiger partial charge in [-0.3, -0.25) is 0 Å². The molecule has 18 heavy (non-hydrogen) atoms. The monoisotopic (exact) mass is 249 g/mol. The molecule has 1 fully saturated rings. The highest BCUT2D eigenvalue weighted by Crippen LogP contribution is 2.42. The van der Waals surface area contributed by atoms with Gasteiger partial charge in [0.1, 0.15) is 0 Å². The maximum absolute atomic E-state index is 12.0. The minimum Gasteiger partial charge on any atom is -0.438 e. The fraction of sp³-hybridized carbons (Fsp3) is 0.500. The fourth-order valence-electron chi connectivity index (χ4n) is 2.21. The van der Waals surface area contributed by atoms with Crippen LogP contribution in [0.2, 0.25) is 0 Å².